The van der Waals surface area contributed by atoms with E-state index in [2.05, 4.69) is 23.6 Å². The van der Waals surface area contributed by atoms with Gasteiger partial charge in [0.2, 0.25) is 19.9 Å². The number of fused-ring (bicyclic) bond motifs is 2. The standard InChI is InChI=1S/C32H35N3O6/c1-4-5-15-35-30(29(32(36-2)37-3)34-31(35)20-9-7-6-8-10-20)28(33)27(21-11-13-23-25(16-21)40-18-38-23)22-12-14-24-26(17-22)41-19-39-24/h6-14,16-17,27-28,32H,4-5,15,18-19,33H2,1-3H3. The Labute approximate surface area is 239 Å². The zero-order valence-electron chi connectivity index (χ0n) is 23.5. The molecular weight excluding hydrogens is 522 g/mol. The maximum Gasteiger partial charge on any atom is 0.231 e. The number of aromatic nitrogens is 2. The van der Waals surface area contributed by atoms with E-state index in [4.69, 9.17) is 39.1 Å². The molecule has 6 rings (SSSR count). The van der Waals surface area contributed by atoms with Crippen molar-refractivity contribution in [3.05, 3.63) is 89.2 Å². The highest BCUT2D eigenvalue weighted by Crippen LogP contribution is 2.45. The molecule has 214 valence electrons. The minimum Gasteiger partial charge on any atom is -0.454 e. The number of methoxy groups -OCH3 is 2. The molecule has 0 fully saturated rings. The van der Waals surface area contributed by atoms with E-state index in [1.54, 1.807) is 14.2 Å². The predicted molar refractivity (Wildman–Crippen MR) is 153 cm³/mol. The lowest BCUT2D eigenvalue weighted by Crippen LogP contribution is -2.26. The van der Waals surface area contributed by atoms with Crippen molar-refractivity contribution in [3.63, 3.8) is 0 Å². The van der Waals surface area contributed by atoms with E-state index in [1.807, 2.05) is 54.6 Å². The predicted octanol–water partition coefficient (Wildman–Crippen LogP) is 5.93. The molecule has 0 aliphatic carbocycles. The Morgan fingerprint density at radius 3 is 1.98 bits per heavy atom. The second-order valence-corrected chi connectivity index (χ2v) is 10.1. The summed E-state index contributed by atoms with van der Waals surface area (Å²) >= 11 is 0. The number of benzene rings is 3. The summed E-state index contributed by atoms with van der Waals surface area (Å²) in [7, 11) is 3.23. The van der Waals surface area contributed by atoms with Crippen molar-refractivity contribution >= 4 is 0 Å². The summed E-state index contributed by atoms with van der Waals surface area (Å²) in [5.41, 5.74) is 11.8. The van der Waals surface area contributed by atoms with Crippen LogP contribution in [0.2, 0.25) is 0 Å². The normalized spacial score (nSPS) is 14.3. The molecule has 0 radical (unpaired) electrons. The lowest BCUT2D eigenvalue weighted by Gasteiger charge is -2.28. The Hall–Kier alpha value is -4.05. The van der Waals surface area contributed by atoms with Gasteiger partial charge in [0.1, 0.15) is 11.5 Å². The molecule has 2 aliphatic rings. The molecule has 2 aliphatic heterocycles. The van der Waals surface area contributed by atoms with Crippen LogP contribution >= 0.6 is 0 Å². The fourth-order valence-electron chi connectivity index (χ4n) is 5.66. The molecule has 41 heavy (non-hydrogen) atoms. The van der Waals surface area contributed by atoms with Gasteiger partial charge in [0.25, 0.3) is 0 Å². The lowest BCUT2D eigenvalue weighted by atomic mass is 9.83. The summed E-state index contributed by atoms with van der Waals surface area (Å²) in [5, 5.41) is 0. The number of hydrogen-bond acceptors (Lipinski definition) is 8. The van der Waals surface area contributed by atoms with Crippen LogP contribution in [-0.2, 0) is 16.0 Å². The van der Waals surface area contributed by atoms with E-state index in [0.29, 0.717) is 28.7 Å². The Morgan fingerprint density at radius 1 is 0.829 bits per heavy atom. The van der Waals surface area contributed by atoms with E-state index in [1.165, 1.54) is 0 Å². The molecule has 3 aromatic carbocycles. The second kappa shape index (κ2) is 11.8. The van der Waals surface area contributed by atoms with Gasteiger partial charge in [-0.15, -0.1) is 0 Å². The Morgan fingerprint density at radius 2 is 1.41 bits per heavy atom. The van der Waals surface area contributed by atoms with Crippen molar-refractivity contribution in [2.24, 2.45) is 5.73 Å². The van der Waals surface area contributed by atoms with Crippen molar-refractivity contribution in [3.8, 4) is 34.4 Å². The van der Waals surface area contributed by atoms with Crippen LogP contribution in [0.1, 0.15) is 60.5 Å². The second-order valence-electron chi connectivity index (χ2n) is 10.1. The Bertz CT molecular complexity index is 1440. The smallest absolute Gasteiger partial charge is 0.231 e. The third kappa shape index (κ3) is 5.12. The molecule has 3 heterocycles. The van der Waals surface area contributed by atoms with Crippen molar-refractivity contribution < 1.29 is 28.4 Å². The van der Waals surface area contributed by atoms with E-state index < -0.39 is 12.3 Å². The van der Waals surface area contributed by atoms with Crippen molar-refractivity contribution in [1.29, 1.82) is 0 Å². The summed E-state index contributed by atoms with van der Waals surface area (Å²) in [6.07, 6.45) is 1.27. The van der Waals surface area contributed by atoms with Gasteiger partial charge in [0.15, 0.2) is 23.0 Å². The summed E-state index contributed by atoms with van der Waals surface area (Å²) in [5.74, 6) is 3.34. The maximum absolute atomic E-state index is 7.39. The molecule has 1 unspecified atom stereocenters. The number of nitrogens with zero attached hydrogens (tertiary/aromatic N) is 2. The van der Waals surface area contributed by atoms with Gasteiger partial charge < -0.3 is 38.7 Å². The van der Waals surface area contributed by atoms with Gasteiger partial charge in [-0.05, 0) is 41.8 Å². The van der Waals surface area contributed by atoms with Crippen molar-refractivity contribution in [2.45, 2.75) is 44.6 Å². The fraction of sp³-hybridized carbons (Fsp3) is 0.344. The van der Waals surface area contributed by atoms with Gasteiger partial charge in [-0.3, -0.25) is 0 Å². The molecule has 0 amide bonds. The highest BCUT2D eigenvalue weighted by Gasteiger charge is 2.35. The number of ether oxygens (including phenoxy) is 6. The first-order valence-electron chi connectivity index (χ1n) is 13.9. The minimum atomic E-state index is -0.699. The number of imidazole rings is 1. The van der Waals surface area contributed by atoms with E-state index >= 15 is 0 Å². The zero-order chi connectivity index (χ0) is 28.3. The Kier molecular flexibility index (Phi) is 7.82. The summed E-state index contributed by atoms with van der Waals surface area (Å²) in [4.78, 5) is 5.13. The van der Waals surface area contributed by atoms with E-state index in [0.717, 1.165) is 47.6 Å². The summed E-state index contributed by atoms with van der Waals surface area (Å²) in [6.45, 7) is 3.30. The zero-order valence-corrected chi connectivity index (χ0v) is 23.5. The molecular formula is C32H35N3O6. The van der Waals surface area contributed by atoms with Crippen molar-refractivity contribution in [1.82, 2.24) is 9.55 Å². The molecule has 1 atom stereocenters. The first-order valence-corrected chi connectivity index (χ1v) is 13.9. The monoisotopic (exact) mass is 557 g/mol. The molecule has 0 spiro atoms. The third-order valence-electron chi connectivity index (χ3n) is 7.64. The van der Waals surface area contributed by atoms with Crippen LogP contribution in [0.3, 0.4) is 0 Å². The fourth-order valence-corrected chi connectivity index (χ4v) is 5.66. The average molecular weight is 558 g/mol. The SMILES string of the molecule is CCCCn1c(-c2ccccc2)nc(C(OC)OC)c1C(N)C(c1ccc2c(c1)OCO2)c1ccc2c(c1)OCO2. The minimum absolute atomic E-state index is 0.192. The first kappa shape index (κ1) is 27.1. The maximum atomic E-state index is 7.39. The largest absolute Gasteiger partial charge is 0.454 e. The summed E-state index contributed by atoms with van der Waals surface area (Å²) < 4.78 is 36.5. The molecule has 0 saturated heterocycles. The number of rotatable bonds is 11. The van der Waals surface area contributed by atoms with Gasteiger partial charge in [-0.1, -0.05) is 55.8 Å². The van der Waals surface area contributed by atoms with Gasteiger partial charge >= 0.3 is 0 Å². The van der Waals surface area contributed by atoms with Gasteiger partial charge in [0.05, 0.1) is 11.7 Å². The highest BCUT2D eigenvalue weighted by molar-refractivity contribution is 5.58. The van der Waals surface area contributed by atoms with E-state index in [-0.39, 0.29) is 19.5 Å². The van der Waals surface area contributed by atoms with Crippen LogP contribution in [0.5, 0.6) is 23.0 Å². The van der Waals surface area contributed by atoms with E-state index in [9.17, 15) is 0 Å². The van der Waals surface area contributed by atoms with Crippen molar-refractivity contribution in [2.75, 3.05) is 27.8 Å². The third-order valence-corrected chi connectivity index (χ3v) is 7.64. The molecule has 0 bridgehead atoms. The van der Waals surface area contributed by atoms with Crippen LogP contribution in [0, 0.1) is 0 Å². The molecule has 1 aromatic heterocycles. The van der Waals surface area contributed by atoms with Crippen LogP contribution < -0.4 is 24.7 Å². The van der Waals surface area contributed by atoms with Crippen LogP contribution in [-0.4, -0.2) is 37.4 Å². The topological polar surface area (TPSA) is 99.2 Å². The first-order chi connectivity index (χ1) is 20.1. The summed E-state index contributed by atoms with van der Waals surface area (Å²) in [6, 6.07) is 21.6. The van der Waals surface area contributed by atoms with Gasteiger partial charge in [0, 0.05) is 32.2 Å². The molecule has 0 saturated carbocycles. The highest BCUT2D eigenvalue weighted by atomic mass is 16.7. The van der Waals surface area contributed by atoms with Crippen LogP contribution in [0.25, 0.3) is 11.4 Å². The average Bonchev–Trinajstić information content (AvgIpc) is 3.75. The van der Waals surface area contributed by atoms with Crippen LogP contribution in [0.4, 0.5) is 0 Å². The molecule has 2 N–H and O–H groups in total. The number of nitrogens with two attached hydrogens (primary N) is 1. The molecule has 4 aromatic rings. The Balaban J connectivity index is 1.56. The van der Waals surface area contributed by atoms with Gasteiger partial charge in [-0.2, -0.15) is 0 Å². The van der Waals surface area contributed by atoms with Crippen LogP contribution in [0.15, 0.2) is 66.7 Å². The molecule has 9 heteroatoms. The molecule has 9 nitrogen and oxygen atoms in total. The number of unbranched alkanes of at least 4 members (excludes halogenated alkanes) is 1. The van der Waals surface area contributed by atoms with Gasteiger partial charge in [-0.25, -0.2) is 4.98 Å². The quantitative estimate of drug-likeness (QED) is 0.227. The lowest BCUT2D eigenvalue weighted by molar-refractivity contribution is -0.109. The number of hydrogen-bond donors (Lipinski definition) is 1.